The number of hydrogen-bond donors (Lipinski definition) is 1. The molecule has 15 heavy (non-hydrogen) atoms. The van der Waals surface area contributed by atoms with Gasteiger partial charge in [-0.2, -0.15) is 0 Å². The molecule has 5 nitrogen and oxygen atoms in total. The van der Waals surface area contributed by atoms with Crippen molar-refractivity contribution in [1.29, 1.82) is 0 Å². The fraction of sp³-hybridized carbons (Fsp3) is 0.600. The summed E-state index contributed by atoms with van der Waals surface area (Å²) in [4.78, 5) is 23.9. The normalized spacial score (nSPS) is 9.20. The van der Waals surface area contributed by atoms with E-state index in [1.165, 1.54) is 4.90 Å². The minimum Gasteiger partial charge on any atom is -0.465 e. The summed E-state index contributed by atoms with van der Waals surface area (Å²) in [5.41, 5.74) is 0. The van der Waals surface area contributed by atoms with Crippen LogP contribution in [0.25, 0.3) is 0 Å². The lowest BCUT2D eigenvalue weighted by Gasteiger charge is -2.19. The van der Waals surface area contributed by atoms with Gasteiger partial charge in [0.25, 0.3) is 0 Å². The molecule has 86 valence electrons. The molecular formula is C10H18N2O3. The third kappa shape index (κ3) is 5.72. The average molecular weight is 214 g/mol. The second-order valence-electron chi connectivity index (χ2n) is 2.81. The lowest BCUT2D eigenvalue weighted by atomic mass is 10.4. The molecule has 0 saturated heterocycles. The van der Waals surface area contributed by atoms with Gasteiger partial charge in [-0.3, -0.25) is 4.79 Å². The Kier molecular flexibility index (Phi) is 7.05. The Labute approximate surface area is 90.1 Å². The molecular weight excluding hydrogens is 196 g/mol. The van der Waals surface area contributed by atoms with Crippen LogP contribution in [0, 0.1) is 0 Å². The highest BCUT2D eigenvalue weighted by Gasteiger charge is 2.15. The first kappa shape index (κ1) is 13.5. The standard InChI is InChI=1S/C10H18N2O3/c1-4-7-12(10(14)11-5-2)8-9(13)15-6-3/h4H,1,5-8H2,2-3H3,(H,11,14). The van der Waals surface area contributed by atoms with Crippen LogP contribution in [-0.2, 0) is 9.53 Å². The Balaban J connectivity index is 4.19. The van der Waals surface area contributed by atoms with Crippen molar-refractivity contribution in [1.82, 2.24) is 10.2 Å². The zero-order chi connectivity index (χ0) is 11.7. The van der Waals surface area contributed by atoms with Crippen molar-refractivity contribution in [3.8, 4) is 0 Å². The minimum atomic E-state index is -0.411. The van der Waals surface area contributed by atoms with E-state index in [1.807, 2.05) is 6.92 Å². The number of esters is 1. The summed E-state index contributed by atoms with van der Waals surface area (Å²) in [6, 6.07) is -0.287. The molecule has 0 atom stereocenters. The number of carbonyl (C=O) groups is 2. The number of carbonyl (C=O) groups excluding carboxylic acids is 2. The van der Waals surface area contributed by atoms with Gasteiger partial charge in [-0.15, -0.1) is 6.58 Å². The third-order valence-corrected chi connectivity index (χ3v) is 1.59. The van der Waals surface area contributed by atoms with Crippen LogP contribution >= 0.6 is 0 Å². The van der Waals surface area contributed by atoms with E-state index >= 15 is 0 Å². The van der Waals surface area contributed by atoms with E-state index in [1.54, 1.807) is 13.0 Å². The van der Waals surface area contributed by atoms with Gasteiger partial charge < -0.3 is 15.0 Å². The van der Waals surface area contributed by atoms with Crippen molar-refractivity contribution in [2.24, 2.45) is 0 Å². The molecule has 2 amide bonds. The Morgan fingerprint density at radius 3 is 2.60 bits per heavy atom. The Bertz CT molecular complexity index is 229. The van der Waals surface area contributed by atoms with Crippen LogP contribution in [-0.4, -0.2) is 43.1 Å². The first-order chi connectivity index (χ1) is 7.15. The molecule has 0 aliphatic carbocycles. The van der Waals surface area contributed by atoms with Crippen molar-refractivity contribution < 1.29 is 14.3 Å². The summed E-state index contributed by atoms with van der Waals surface area (Å²) < 4.78 is 4.75. The fourth-order valence-corrected chi connectivity index (χ4v) is 1.00. The van der Waals surface area contributed by atoms with Crippen molar-refractivity contribution in [2.75, 3.05) is 26.2 Å². The zero-order valence-corrected chi connectivity index (χ0v) is 9.28. The van der Waals surface area contributed by atoms with E-state index in [2.05, 4.69) is 11.9 Å². The van der Waals surface area contributed by atoms with Gasteiger partial charge in [-0.1, -0.05) is 6.08 Å². The molecule has 0 aromatic heterocycles. The molecule has 1 N–H and O–H groups in total. The Morgan fingerprint density at radius 2 is 2.13 bits per heavy atom. The number of hydrogen-bond acceptors (Lipinski definition) is 3. The van der Waals surface area contributed by atoms with Crippen molar-refractivity contribution in [3.63, 3.8) is 0 Å². The van der Waals surface area contributed by atoms with Gasteiger partial charge in [0.1, 0.15) is 6.54 Å². The molecule has 0 fully saturated rings. The van der Waals surface area contributed by atoms with Crippen LogP contribution in [0.4, 0.5) is 4.79 Å². The Hall–Kier alpha value is -1.52. The van der Waals surface area contributed by atoms with E-state index in [9.17, 15) is 9.59 Å². The van der Waals surface area contributed by atoms with Gasteiger partial charge in [0.15, 0.2) is 0 Å². The summed E-state index contributed by atoms with van der Waals surface area (Å²) in [7, 11) is 0. The quantitative estimate of drug-likeness (QED) is 0.524. The smallest absolute Gasteiger partial charge is 0.325 e. The molecule has 0 heterocycles. The van der Waals surface area contributed by atoms with Gasteiger partial charge in [-0.05, 0) is 13.8 Å². The largest absolute Gasteiger partial charge is 0.465 e. The van der Waals surface area contributed by atoms with Crippen molar-refractivity contribution in [3.05, 3.63) is 12.7 Å². The highest BCUT2D eigenvalue weighted by Crippen LogP contribution is 1.92. The van der Waals surface area contributed by atoms with Crippen LogP contribution in [0.1, 0.15) is 13.8 Å². The van der Waals surface area contributed by atoms with Gasteiger partial charge in [0.2, 0.25) is 0 Å². The summed E-state index contributed by atoms with van der Waals surface area (Å²) in [6.07, 6.45) is 1.56. The van der Waals surface area contributed by atoms with E-state index in [0.29, 0.717) is 19.7 Å². The molecule has 0 aliphatic heterocycles. The lowest BCUT2D eigenvalue weighted by molar-refractivity contribution is -0.143. The molecule has 0 bridgehead atoms. The van der Waals surface area contributed by atoms with E-state index in [0.717, 1.165) is 0 Å². The molecule has 0 rings (SSSR count). The predicted molar refractivity (Wildman–Crippen MR) is 57.5 cm³/mol. The maximum Gasteiger partial charge on any atom is 0.325 e. The van der Waals surface area contributed by atoms with Crippen LogP contribution in [0.3, 0.4) is 0 Å². The molecule has 0 aromatic rings. The minimum absolute atomic E-state index is 0.0499. The van der Waals surface area contributed by atoms with Crippen LogP contribution in [0.2, 0.25) is 0 Å². The summed E-state index contributed by atoms with van der Waals surface area (Å²) in [5, 5.41) is 2.61. The van der Waals surface area contributed by atoms with Crippen LogP contribution in [0.5, 0.6) is 0 Å². The molecule has 0 saturated carbocycles. The average Bonchev–Trinajstić information content (AvgIpc) is 2.18. The van der Waals surface area contributed by atoms with Gasteiger partial charge in [0.05, 0.1) is 6.61 Å². The van der Waals surface area contributed by atoms with E-state index in [4.69, 9.17) is 4.74 Å². The van der Waals surface area contributed by atoms with Crippen molar-refractivity contribution in [2.45, 2.75) is 13.8 Å². The van der Waals surface area contributed by atoms with Crippen LogP contribution in [0.15, 0.2) is 12.7 Å². The number of ether oxygens (including phenoxy) is 1. The second-order valence-corrected chi connectivity index (χ2v) is 2.81. The molecule has 0 unspecified atom stereocenters. The van der Waals surface area contributed by atoms with Crippen LogP contribution < -0.4 is 5.32 Å². The topological polar surface area (TPSA) is 58.6 Å². The number of nitrogens with zero attached hydrogens (tertiary/aromatic N) is 1. The monoisotopic (exact) mass is 214 g/mol. The number of amides is 2. The highest BCUT2D eigenvalue weighted by atomic mass is 16.5. The summed E-state index contributed by atoms with van der Waals surface area (Å²) in [6.45, 7) is 8.17. The highest BCUT2D eigenvalue weighted by molar-refractivity contribution is 5.81. The van der Waals surface area contributed by atoms with Gasteiger partial charge in [-0.25, -0.2) is 4.79 Å². The van der Waals surface area contributed by atoms with Gasteiger partial charge >= 0.3 is 12.0 Å². The number of nitrogens with one attached hydrogen (secondary N) is 1. The maximum absolute atomic E-state index is 11.4. The lowest BCUT2D eigenvalue weighted by Crippen LogP contribution is -2.43. The molecule has 5 heteroatoms. The third-order valence-electron chi connectivity index (χ3n) is 1.59. The summed E-state index contributed by atoms with van der Waals surface area (Å²) in [5.74, 6) is -0.411. The van der Waals surface area contributed by atoms with Gasteiger partial charge in [0, 0.05) is 13.1 Å². The molecule has 0 aliphatic rings. The predicted octanol–water partition coefficient (Wildman–Crippen LogP) is 0.767. The fourth-order valence-electron chi connectivity index (χ4n) is 1.00. The zero-order valence-electron chi connectivity index (χ0n) is 9.28. The first-order valence-electron chi connectivity index (χ1n) is 4.94. The van der Waals surface area contributed by atoms with E-state index in [-0.39, 0.29) is 12.6 Å². The Morgan fingerprint density at radius 1 is 1.47 bits per heavy atom. The molecule has 0 spiro atoms. The summed E-state index contributed by atoms with van der Waals surface area (Å²) >= 11 is 0. The first-order valence-corrected chi connectivity index (χ1v) is 4.94. The maximum atomic E-state index is 11.4. The number of urea groups is 1. The SMILES string of the molecule is C=CCN(CC(=O)OCC)C(=O)NCC. The second kappa shape index (κ2) is 7.84. The van der Waals surface area contributed by atoms with E-state index < -0.39 is 5.97 Å². The number of rotatable bonds is 6. The van der Waals surface area contributed by atoms with Crippen molar-refractivity contribution >= 4 is 12.0 Å². The molecule has 0 radical (unpaired) electrons. The molecule has 0 aromatic carbocycles.